The molecule has 0 amide bonds. The van der Waals surface area contributed by atoms with Crippen molar-refractivity contribution < 1.29 is 13.2 Å². The molecule has 0 spiro atoms. The first-order valence-corrected chi connectivity index (χ1v) is 15.8. The summed E-state index contributed by atoms with van der Waals surface area (Å²) in [5.41, 5.74) is 4.37. The third-order valence-corrected chi connectivity index (χ3v) is 9.68. The highest BCUT2D eigenvalue weighted by Gasteiger charge is 2.40. The average Bonchev–Trinajstić information content (AvgIpc) is 3.49. The van der Waals surface area contributed by atoms with Gasteiger partial charge in [-0.2, -0.15) is 0 Å². The van der Waals surface area contributed by atoms with E-state index in [4.69, 9.17) is 14.7 Å². The number of hydrogen-bond acceptors (Lipinski definition) is 8. The molecule has 202 valence electrons. The van der Waals surface area contributed by atoms with E-state index in [0.717, 1.165) is 61.1 Å². The number of pyridine rings is 1. The number of anilines is 2. The monoisotopic (exact) mass is 535 g/mol. The Morgan fingerprint density at radius 2 is 1.92 bits per heavy atom. The topological polar surface area (TPSA) is 88.5 Å². The first-order valence-electron chi connectivity index (χ1n) is 13.7. The van der Waals surface area contributed by atoms with Gasteiger partial charge in [0, 0.05) is 72.8 Å². The molecule has 0 radical (unpaired) electrons. The molecule has 2 aromatic heterocycles. The van der Waals surface area contributed by atoms with Crippen LogP contribution in [0.2, 0.25) is 0 Å². The first-order chi connectivity index (χ1) is 18.2. The molecule has 0 bridgehead atoms. The highest BCUT2D eigenvalue weighted by Crippen LogP contribution is 2.39. The van der Waals surface area contributed by atoms with Crippen molar-refractivity contribution >= 4 is 32.2 Å². The lowest BCUT2D eigenvalue weighted by atomic mass is 9.88. The fourth-order valence-corrected chi connectivity index (χ4v) is 7.62. The summed E-state index contributed by atoms with van der Waals surface area (Å²) >= 11 is 0. The van der Waals surface area contributed by atoms with Gasteiger partial charge in [-0.3, -0.25) is 4.98 Å². The van der Waals surface area contributed by atoms with E-state index in [0.29, 0.717) is 24.3 Å². The summed E-state index contributed by atoms with van der Waals surface area (Å²) in [5, 5.41) is 2.33. The fraction of sp³-hybridized carbons (Fsp3) is 0.552. The molecule has 6 rings (SSSR count). The number of fused-ring (bicyclic) bond motifs is 2. The highest BCUT2D eigenvalue weighted by atomic mass is 32.2. The van der Waals surface area contributed by atoms with Crippen molar-refractivity contribution in [1.29, 1.82) is 0 Å². The van der Waals surface area contributed by atoms with Crippen molar-refractivity contribution in [3.05, 3.63) is 53.6 Å². The van der Waals surface area contributed by atoms with E-state index in [2.05, 4.69) is 53.8 Å². The molecular weight excluding hydrogens is 498 g/mol. The molecule has 4 atom stereocenters. The minimum atomic E-state index is -2.99. The van der Waals surface area contributed by atoms with Crippen molar-refractivity contribution in [1.82, 2.24) is 15.0 Å². The van der Waals surface area contributed by atoms with Crippen molar-refractivity contribution in [2.24, 2.45) is 11.8 Å². The van der Waals surface area contributed by atoms with Gasteiger partial charge in [-0.25, -0.2) is 18.4 Å². The summed E-state index contributed by atoms with van der Waals surface area (Å²) < 4.78 is 29.4. The molecule has 0 saturated carbocycles. The van der Waals surface area contributed by atoms with Crippen LogP contribution < -0.4 is 9.80 Å². The highest BCUT2D eigenvalue weighted by molar-refractivity contribution is 7.90. The molecule has 3 aromatic rings. The average molecular weight is 536 g/mol. The molecule has 3 aliphatic heterocycles. The van der Waals surface area contributed by atoms with Gasteiger partial charge < -0.3 is 14.5 Å². The van der Waals surface area contributed by atoms with Crippen LogP contribution in [0.4, 0.5) is 11.6 Å². The molecule has 5 heterocycles. The van der Waals surface area contributed by atoms with Gasteiger partial charge in [0.2, 0.25) is 5.95 Å². The Morgan fingerprint density at radius 3 is 2.68 bits per heavy atom. The van der Waals surface area contributed by atoms with Gasteiger partial charge in [0.1, 0.15) is 9.84 Å². The summed E-state index contributed by atoms with van der Waals surface area (Å²) in [6, 6.07) is 9.16. The normalized spacial score (nSPS) is 25.3. The maximum absolute atomic E-state index is 11.8. The Bertz CT molecular complexity index is 1460. The quantitative estimate of drug-likeness (QED) is 0.451. The molecule has 0 aliphatic carbocycles. The van der Waals surface area contributed by atoms with Crippen LogP contribution in [-0.2, 0) is 21.0 Å². The second-order valence-electron chi connectivity index (χ2n) is 11.7. The smallest absolute Gasteiger partial charge is 0.225 e. The minimum Gasteiger partial charge on any atom is -0.379 e. The Hall–Kier alpha value is -2.78. The lowest BCUT2D eigenvalue weighted by molar-refractivity contribution is 0.179. The zero-order chi connectivity index (χ0) is 26.6. The van der Waals surface area contributed by atoms with Crippen LogP contribution >= 0.6 is 0 Å². The molecule has 9 heteroatoms. The summed E-state index contributed by atoms with van der Waals surface area (Å²) in [7, 11) is -2.99. The van der Waals surface area contributed by atoms with Crippen LogP contribution in [0.25, 0.3) is 10.8 Å². The summed E-state index contributed by atoms with van der Waals surface area (Å²) in [5.74, 6) is 2.15. The standard InChI is InChI=1S/C29H37N5O3S/c1-18(2)24-5-6-27(34-14-21(19(34)3)17-38(4,35)36)26-13-31-23(12-25(24)26)11-22-7-9-30-29(32-22)33-10-8-20-15-37-16-28(20)33/h5-7,9,12-13,18-21,28H,8,10-11,14-17H2,1-4H3/t19-,20?,21-,28?/m1/s1. The van der Waals surface area contributed by atoms with Crippen LogP contribution in [0.15, 0.2) is 36.7 Å². The van der Waals surface area contributed by atoms with Crippen LogP contribution in [0.5, 0.6) is 0 Å². The molecular formula is C29H37N5O3S. The molecule has 38 heavy (non-hydrogen) atoms. The molecule has 8 nitrogen and oxygen atoms in total. The predicted molar refractivity (Wildman–Crippen MR) is 151 cm³/mol. The third-order valence-electron chi connectivity index (χ3n) is 8.65. The van der Waals surface area contributed by atoms with Gasteiger partial charge in [0.25, 0.3) is 0 Å². The van der Waals surface area contributed by atoms with Crippen LogP contribution in [0, 0.1) is 11.8 Å². The van der Waals surface area contributed by atoms with Crippen molar-refractivity contribution in [3.63, 3.8) is 0 Å². The lowest BCUT2D eigenvalue weighted by Crippen LogP contribution is -2.57. The van der Waals surface area contributed by atoms with E-state index in [1.807, 2.05) is 18.5 Å². The van der Waals surface area contributed by atoms with Gasteiger partial charge >= 0.3 is 0 Å². The van der Waals surface area contributed by atoms with Crippen LogP contribution in [0.3, 0.4) is 0 Å². The lowest BCUT2D eigenvalue weighted by Gasteiger charge is -2.48. The number of hydrogen-bond donors (Lipinski definition) is 0. The second kappa shape index (κ2) is 9.75. The molecule has 3 fully saturated rings. The SMILES string of the molecule is CC(C)c1ccc(N2C[C@H](CS(C)(=O)=O)[C@H]2C)c2cnc(Cc3ccnc(N4CCC5COCC54)n3)cc12. The summed E-state index contributed by atoms with van der Waals surface area (Å²) in [6.07, 6.45) is 6.95. The van der Waals surface area contributed by atoms with E-state index < -0.39 is 9.84 Å². The predicted octanol–water partition coefficient (Wildman–Crippen LogP) is 3.83. The van der Waals surface area contributed by atoms with Crippen LogP contribution in [-0.4, -0.2) is 73.8 Å². The first kappa shape index (κ1) is 25.5. The van der Waals surface area contributed by atoms with Gasteiger partial charge in [0.15, 0.2) is 0 Å². The Kier molecular flexibility index (Phi) is 6.54. The second-order valence-corrected chi connectivity index (χ2v) is 13.9. The van der Waals surface area contributed by atoms with Crippen molar-refractivity contribution in [2.75, 3.05) is 48.1 Å². The van der Waals surface area contributed by atoms with E-state index in [-0.39, 0.29) is 17.7 Å². The summed E-state index contributed by atoms with van der Waals surface area (Å²) in [6.45, 7) is 9.89. The maximum atomic E-state index is 11.8. The van der Waals surface area contributed by atoms with Gasteiger partial charge in [-0.1, -0.05) is 19.9 Å². The number of benzene rings is 1. The number of sulfone groups is 1. The van der Waals surface area contributed by atoms with Crippen molar-refractivity contribution in [3.8, 4) is 0 Å². The Morgan fingerprint density at radius 1 is 1.08 bits per heavy atom. The van der Waals surface area contributed by atoms with Gasteiger partial charge in [-0.05, 0) is 48.4 Å². The number of rotatable bonds is 7. The van der Waals surface area contributed by atoms with E-state index in [1.165, 1.54) is 17.2 Å². The zero-order valence-corrected chi connectivity index (χ0v) is 23.5. The van der Waals surface area contributed by atoms with Crippen molar-refractivity contribution in [2.45, 2.75) is 51.6 Å². The molecule has 3 aliphatic rings. The van der Waals surface area contributed by atoms with E-state index in [1.54, 1.807) is 0 Å². The molecule has 0 N–H and O–H groups in total. The zero-order valence-electron chi connectivity index (χ0n) is 22.7. The fourth-order valence-electron chi connectivity index (χ4n) is 6.46. The van der Waals surface area contributed by atoms with Crippen LogP contribution in [0.1, 0.15) is 50.1 Å². The van der Waals surface area contributed by atoms with E-state index in [9.17, 15) is 8.42 Å². The minimum absolute atomic E-state index is 0.158. The number of ether oxygens (including phenoxy) is 1. The molecule has 3 saturated heterocycles. The Labute approximate surface area is 225 Å². The number of nitrogens with zero attached hydrogens (tertiary/aromatic N) is 5. The molecule has 1 aromatic carbocycles. The Balaban J connectivity index is 1.28. The largest absolute Gasteiger partial charge is 0.379 e. The maximum Gasteiger partial charge on any atom is 0.225 e. The number of aromatic nitrogens is 3. The molecule has 2 unspecified atom stereocenters. The summed E-state index contributed by atoms with van der Waals surface area (Å²) in [4.78, 5) is 19.0. The van der Waals surface area contributed by atoms with E-state index >= 15 is 0 Å². The van der Waals surface area contributed by atoms with Gasteiger partial charge in [0.05, 0.1) is 30.7 Å². The third kappa shape index (κ3) is 4.75. The van der Waals surface area contributed by atoms with Gasteiger partial charge in [-0.15, -0.1) is 0 Å².